The highest BCUT2D eigenvalue weighted by atomic mass is 15.3. The molecule has 3 heterocycles. The van der Waals surface area contributed by atoms with Gasteiger partial charge in [0.15, 0.2) is 5.82 Å². The maximum Gasteiger partial charge on any atom is 0.203 e. The van der Waals surface area contributed by atoms with Crippen LogP contribution in [0.5, 0.6) is 0 Å². The molecule has 0 bridgehead atoms. The zero-order valence-corrected chi connectivity index (χ0v) is 11.1. The molecule has 0 radical (unpaired) electrons. The average Bonchev–Trinajstić information content (AvgIpc) is 3.22. The Labute approximate surface area is 116 Å². The second-order valence-corrected chi connectivity index (χ2v) is 5.37. The molecule has 1 unspecified atom stereocenters. The van der Waals surface area contributed by atoms with E-state index in [4.69, 9.17) is 0 Å². The summed E-state index contributed by atoms with van der Waals surface area (Å²) in [4.78, 5) is 8.92. The van der Waals surface area contributed by atoms with Gasteiger partial charge in [0.2, 0.25) is 5.65 Å². The Kier molecular flexibility index (Phi) is 2.57. The van der Waals surface area contributed by atoms with Gasteiger partial charge in [0.25, 0.3) is 0 Å². The first kappa shape index (κ1) is 11.6. The Morgan fingerprint density at radius 2 is 2.20 bits per heavy atom. The van der Waals surface area contributed by atoms with Crippen molar-refractivity contribution in [2.75, 3.05) is 24.5 Å². The second-order valence-electron chi connectivity index (χ2n) is 5.37. The molecule has 7 heteroatoms. The standard InChI is InChI=1S/C13H15N7/c14-7-11-8-18(5-6-20(11)10-1-2-10)12-13-17-16-9-19(13)4-3-15-12/h3-4,9-11H,1-2,5-6,8H2. The molecule has 1 aliphatic heterocycles. The summed E-state index contributed by atoms with van der Waals surface area (Å²) in [5, 5.41) is 17.4. The fourth-order valence-corrected chi connectivity index (χ4v) is 2.92. The van der Waals surface area contributed by atoms with Gasteiger partial charge >= 0.3 is 0 Å². The van der Waals surface area contributed by atoms with Gasteiger partial charge in [-0.15, -0.1) is 10.2 Å². The summed E-state index contributed by atoms with van der Waals surface area (Å²) in [5.74, 6) is 0.820. The van der Waals surface area contributed by atoms with E-state index in [1.165, 1.54) is 12.8 Å². The van der Waals surface area contributed by atoms with Gasteiger partial charge in [0, 0.05) is 38.1 Å². The molecule has 2 fully saturated rings. The molecule has 0 spiro atoms. The van der Waals surface area contributed by atoms with Crippen LogP contribution in [0, 0.1) is 11.3 Å². The van der Waals surface area contributed by atoms with Crippen LogP contribution in [0.25, 0.3) is 5.65 Å². The number of piperazine rings is 1. The average molecular weight is 269 g/mol. The van der Waals surface area contributed by atoms with Crippen molar-refractivity contribution in [2.45, 2.75) is 24.9 Å². The molecule has 1 saturated heterocycles. The molecular formula is C13H15N7. The fourth-order valence-electron chi connectivity index (χ4n) is 2.92. The van der Waals surface area contributed by atoms with Crippen molar-refractivity contribution in [3.05, 3.63) is 18.7 Å². The maximum absolute atomic E-state index is 9.40. The van der Waals surface area contributed by atoms with E-state index in [9.17, 15) is 5.26 Å². The summed E-state index contributed by atoms with van der Waals surface area (Å²) in [6.45, 7) is 2.49. The number of fused-ring (bicyclic) bond motifs is 1. The van der Waals surface area contributed by atoms with E-state index in [0.29, 0.717) is 12.6 Å². The summed E-state index contributed by atoms with van der Waals surface area (Å²) in [6.07, 6.45) is 7.72. The van der Waals surface area contributed by atoms with Gasteiger partial charge in [-0.1, -0.05) is 0 Å². The number of aromatic nitrogens is 4. The summed E-state index contributed by atoms with van der Waals surface area (Å²) in [5.41, 5.74) is 0.754. The number of nitrogens with zero attached hydrogens (tertiary/aromatic N) is 7. The normalized spacial score (nSPS) is 23.9. The van der Waals surface area contributed by atoms with Gasteiger partial charge in [0.1, 0.15) is 12.4 Å². The third-order valence-electron chi connectivity index (χ3n) is 4.08. The van der Waals surface area contributed by atoms with Gasteiger partial charge in [-0.2, -0.15) is 5.26 Å². The van der Waals surface area contributed by atoms with Gasteiger partial charge in [-0.25, -0.2) is 4.98 Å². The molecule has 2 aliphatic rings. The van der Waals surface area contributed by atoms with Crippen molar-refractivity contribution >= 4 is 11.5 Å². The van der Waals surface area contributed by atoms with Gasteiger partial charge < -0.3 is 4.90 Å². The van der Waals surface area contributed by atoms with E-state index < -0.39 is 0 Å². The van der Waals surface area contributed by atoms with Crippen LogP contribution in [-0.2, 0) is 0 Å². The largest absolute Gasteiger partial charge is 0.350 e. The lowest BCUT2D eigenvalue weighted by molar-refractivity contribution is 0.203. The van der Waals surface area contributed by atoms with E-state index in [0.717, 1.165) is 24.6 Å². The Morgan fingerprint density at radius 1 is 1.30 bits per heavy atom. The van der Waals surface area contributed by atoms with Gasteiger partial charge in [-0.3, -0.25) is 9.30 Å². The molecule has 0 amide bonds. The minimum atomic E-state index is -0.0544. The SMILES string of the molecule is N#CC1CN(c2nccn3cnnc23)CCN1C1CC1. The van der Waals surface area contributed by atoms with Crippen molar-refractivity contribution < 1.29 is 0 Å². The number of hydrogen-bond donors (Lipinski definition) is 0. The molecule has 1 aliphatic carbocycles. The van der Waals surface area contributed by atoms with E-state index in [1.807, 2.05) is 10.6 Å². The van der Waals surface area contributed by atoms with E-state index in [1.54, 1.807) is 12.5 Å². The molecular weight excluding hydrogens is 254 g/mol. The number of nitriles is 1. The Bertz CT molecular complexity index is 669. The highest BCUT2D eigenvalue weighted by molar-refractivity contribution is 5.63. The second kappa shape index (κ2) is 4.42. The van der Waals surface area contributed by atoms with Crippen molar-refractivity contribution in [3.63, 3.8) is 0 Å². The Balaban J connectivity index is 1.63. The van der Waals surface area contributed by atoms with Crippen LogP contribution in [0.3, 0.4) is 0 Å². The Hall–Kier alpha value is -2.20. The summed E-state index contributed by atoms with van der Waals surface area (Å²) in [6, 6.07) is 3.00. The van der Waals surface area contributed by atoms with Crippen molar-refractivity contribution in [2.24, 2.45) is 0 Å². The van der Waals surface area contributed by atoms with Gasteiger partial charge in [0.05, 0.1) is 6.07 Å². The van der Waals surface area contributed by atoms with Crippen molar-refractivity contribution in [1.82, 2.24) is 24.5 Å². The van der Waals surface area contributed by atoms with Crippen LogP contribution in [0.4, 0.5) is 5.82 Å². The van der Waals surface area contributed by atoms with E-state index in [-0.39, 0.29) is 6.04 Å². The molecule has 1 atom stereocenters. The predicted molar refractivity (Wildman–Crippen MR) is 72.1 cm³/mol. The lowest BCUT2D eigenvalue weighted by Crippen LogP contribution is -2.53. The summed E-state index contributed by atoms with van der Waals surface area (Å²) >= 11 is 0. The third-order valence-corrected chi connectivity index (χ3v) is 4.08. The van der Waals surface area contributed by atoms with Crippen molar-refractivity contribution in [1.29, 1.82) is 5.26 Å². The molecule has 2 aromatic heterocycles. The lowest BCUT2D eigenvalue weighted by Gasteiger charge is -2.38. The smallest absolute Gasteiger partial charge is 0.203 e. The molecule has 4 rings (SSSR count). The summed E-state index contributed by atoms with van der Waals surface area (Å²) < 4.78 is 1.86. The van der Waals surface area contributed by atoms with E-state index >= 15 is 0 Å². The highest BCUT2D eigenvalue weighted by Gasteiger charge is 2.38. The minimum Gasteiger partial charge on any atom is -0.350 e. The monoisotopic (exact) mass is 269 g/mol. The van der Waals surface area contributed by atoms with Crippen LogP contribution >= 0.6 is 0 Å². The van der Waals surface area contributed by atoms with Crippen LogP contribution in [0.1, 0.15) is 12.8 Å². The molecule has 7 nitrogen and oxygen atoms in total. The quantitative estimate of drug-likeness (QED) is 0.780. The first-order valence-electron chi connectivity index (χ1n) is 6.91. The summed E-state index contributed by atoms with van der Waals surface area (Å²) in [7, 11) is 0. The predicted octanol–water partition coefficient (Wildman–Crippen LogP) is 0.301. The number of hydrogen-bond acceptors (Lipinski definition) is 6. The molecule has 0 aromatic carbocycles. The molecule has 102 valence electrons. The zero-order chi connectivity index (χ0) is 13.5. The van der Waals surface area contributed by atoms with Gasteiger partial charge in [-0.05, 0) is 12.8 Å². The number of anilines is 1. The third kappa shape index (κ3) is 1.80. The van der Waals surface area contributed by atoms with Crippen LogP contribution in [0.2, 0.25) is 0 Å². The lowest BCUT2D eigenvalue weighted by atomic mass is 10.2. The Morgan fingerprint density at radius 3 is 3.00 bits per heavy atom. The first-order chi connectivity index (χ1) is 9.86. The van der Waals surface area contributed by atoms with E-state index in [2.05, 4.69) is 31.1 Å². The van der Waals surface area contributed by atoms with Crippen LogP contribution in [-0.4, -0.2) is 56.2 Å². The van der Waals surface area contributed by atoms with Crippen LogP contribution < -0.4 is 4.90 Å². The highest BCUT2D eigenvalue weighted by Crippen LogP contribution is 2.31. The minimum absolute atomic E-state index is 0.0544. The van der Waals surface area contributed by atoms with Crippen molar-refractivity contribution in [3.8, 4) is 6.07 Å². The molecule has 0 N–H and O–H groups in total. The first-order valence-corrected chi connectivity index (χ1v) is 6.91. The fraction of sp³-hybridized carbons (Fsp3) is 0.538. The molecule has 20 heavy (non-hydrogen) atoms. The zero-order valence-electron chi connectivity index (χ0n) is 11.1. The molecule has 2 aromatic rings. The van der Waals surface area contributed by atoms with Crippen LogP contribution in [0.15, 0.2) is 18.7 Å². The molecule has 1 saturated carbocycles. The topological polar surface area (TPSA) is 73.3 Å². The maximum atomic E-state index is 9.40. The number of rotatable bonds is 2.